The standard InChI is InChI=1S/C14H15N3/c1-10-4-2-3-5-13(10)11-6-8-12(9-7-11)17-14(15)16/h2-9H,1H3,(H4,15,16,17). The van der Waals surface area contributed by atoms with Gasteiger partial charge in [-0.25, -0.2) is 4.99 Å². The summed E-state index contributed by atoms with van der Waals surface area (Å²) in [7, 11) is 0. The van der Waals surface area contributed by atoms with Gasteiger partial charge in [-0.1, -0.05) is 36.4 Å². The van der Waals surface area contributed by atoms with Crippen molar-refractivity contribution in [2.24, 2.45) is 16.5 Å². The lowest BCUT2D eigenvalue weighted by molar-refractivity contribution is 1.41. The molecule has 0 saturated carbocycles. The second kappa shape index (κ2) is 4.70. The monoisotopic (exact) mass is 225 g/mol. The van der Waals surface area contributed by atoms with Gasteiger partial charge in [0.05, 0.1) is 5.69 Å². The van der Waals surface area contributed by atoms with Crippen molar-refractivity contribution in [3.8, 4) is 11.1 Å². The van der Waals surface area contributed by atoms with Crippen LogP contribution in [-0.2, 0) is 0 Å². The summed E-state index contributed by atoms with van der Waals surface area (Å²) in [5.41, 5.74) is 15.1. The Morgan fingerprint density at radius 1 is 0.941 bits per heavy atom. The van der Waals surface area contributed by atoms with E-state index in [1.54, 1.807) is 0 Å². The van der Waals surface area contributed by atoms with Crippen molar-refractivity contribution in [2.45, 2.75) is 6.92 Å². The van der Waals surface area contributed by atoms with Crippen molar-refractivity contribution in [2.75, 3.05) is 0 Å². The van der Waals surface area contributed by atoms with E-state index in [0.717, 1.165) is 11.3 Å². The van der Waals surface area contributed by atoms with Crippen LogP contribution in [-0.4, -0.2) is 5.96 Å². The highest BCUT2D eigenvalue weighted by Gasteiger charge is 2.00. The molecule has 0 saturated heterocycles. The molecular formula is C14H15N3. The maximum atomic E-state index is 5.33. The Morgan fingerprint density at radius 3 is 2.18 bits per heavy atom. The molecule has 0 aliphatic rings. The average Bonchev–Trinajstić information content (AvgIpc) is 2.30. The number of nitrogens with two attached hydrogens (primary N) is 2. The molecule has 2 aromatic rings. The number of guanidine groups is 1. The number of hydrogen-bond acceptors (Lipinski definition) is 1. The zero-order chi connectivity index (χ0) is 12.3. The molecule has 0 unspecified atom stereocenters. The fraction of sp³-hybridized carbons (Fsp3) is 0.0714. The topological polar surface area (TPSA) is 64.4 Å². The van der Waals surface area contributed by atoms with Gasteiger partial charge in [0.15, 0.2) is 5.96 Å². The zero-order valence-electron chi connectivity index (χ0n) is 9.72. The highest BCUT2D eigenvalue weighted by atomic mass is 15.0. The molecule has 3 heteroatoms. The van der Waals surface area contributed by atoms with Crippen molar-refractivity contribution in [1.29, 1.82) is 0 Å². The van der Waals surface area contributed by atoms with Gasteiger partial charge >= 0.3 is 0 Å². The number of benzene rings is 2. The predicted octanol–water partition coefficient (Wildman–Crippen LogP) is 2.57. The van der Waals surface area contributed by atoms with Crippen LogP contribution in [0, 0.1) is 6.92 Å². The zero-order valence-corrected chi connectivity index (χ0v) is 9.72. The van der Waals surface area contributed by atoms with E-state index in [0.29, 0.717) is 0 Å². The van der Waals surface area contributed by atoms with E-state index in [1.807, 2.05) is 36.4 Å². The Bertz CT molecular complexity index is 538. The van der Waals surface area contributed by atoms with Crippen LogP contribution in [0.4, 0.5) is 5.69 Å². The van der Waals surface area contributed by atoms with Gasteiger partial charge in [-0.2, -0.15) is 0 Å². The quantitative estimate of drug-likeness (QED) is 0.609. The summed E-state index contributed by atoms with van der Waals surface area (Å²) in [6, 6.07) is 16.1. The normalized spacial score (nSPS) is 9.94. The largest absolute Gasteiger partial charge is 0.370 e. The minimum Gasteiger partial charge on any atom is -0.370 e. The molecule has 2 rings (SSSR count). The summed E-state index contributed by atoms with van der Waals surface area (Å²) in [5, 5.41) is 0. The minimum absolute atomic E-state index is 0.0774. The maximum absolute atomic E-state index is 5.33. The highest BCUT2D eigenvalue weighted by molar-refractivity contribution is 5.79. The van der Waals surface area contributed by atoms with Crippen LogP contribution in [0.25, 0.3) is 11.1 Å². The third kappa shape index (κ3) is 2.64. The molecule has 0 radical (unpaired) electrons. The summed E-state index contributed by atoms with van der Waals surface area (Å²) in [6.07, 6.45) is 0. The number of aryl methyl sites for hydroxylation is 1. The smallest absolute Gasteiger partial charge is 0.191 e. The van der Waals surface area contributed by atoms with E-state index in [2.05, 4.69) is 24.0 Å². The van der Waals surface area contributed by atoms with Crippen LogP contribution in [0.1, 0.15) is 5.56 Å². The first-order chi connectivity index (χ1) is 8.16. The second-order valence-corrected chi connectivity index (χ2v) is 3.90. The van der Waals surface area contributed by atoms with Gasteiger partial charge in [-0.05, 0) is 35.7 Å². The second-order valence-electron chi connectivity index (χ2n) is 3.90. The van der Waals surface area contributed by atoms with Crippen LogP contribution >= 0.6 is 0 Å². The molecule has 2 aromatic carbocycles. The number of aliphatic imine (C=N–C) groups is 1. The number of hydrogen-bond donors (Lipinski definition) is 2. The van der Waals surface area contributed by atoms with Crippen molar-refractivity contribution in [3.63, 3.8) is 0 Å². The first kappa shape index (κ1) is 11.2. The molecule has 4 N–H and O–H groups in total. The summed E-state index contributed by atoms with van der Waals surface area (Å²) >= 11 is 0. The molecule has 0 heterocycles. The minimum atomic E-state index is 0.0774. The van der Waals surface area contributed by atoms with Crippen molar-refractivity contribution in [3.05, 3.63) is 54.1 Å². The number of rotatable bonds is 2. The molecule has 0 atom stereocenters. The molecule has 86 valence electrons. The van der Waals surface area contributed by atoms with E-state index in [-0.39, 0.29) is 5.96 Å². The van der Waals surface area contributed by atoms with Gasteiger partial charge in [-0.15, -0.1) is 0 Å². The molecule has 0 bridgehead atoms. The van der Waals surface area contributed by atoms with E-state index >= 15 is 0 Å². The fourth-order valence-electron chi connectivity index (χ4n) is 1.76. The summed E-state index contributed by atoms with van der Waals surface area (Å²) in [5.74, 6) is 0.0774. The Kier molecular flexibility index (Phi) is 3.10. The predicted molar refractivity (Wildman–Crippen MR) is 72.1 cm³/mol. The van der Waals surface area contributed by atoms with Crippen LogP contribution in [0.3, 0.4) is 0 Å². The molecule has 3 nitrogen and oxygen atoms in total. The molecule has 0 aliphatic carbocycles. The molecular weight excluding hydrogens is 210 g/mol. The van der Waals surface area contributed by atoms with Crippen molar-refractivity contribution < 1.29 is 0 Å². The molecule has 17 heavy (non-hydrogen) atoms. The summed E-state index contributed by atoms with van der Waals surface area (Å²) < 4.78 is 0. The third-order valence-electron chi connectivity index (χ3n) is 2.58. The molecule has 0 aromatic heterocycles. The lowest BCUT2D eigenvalue weighted by Gasteiger charge is -2.05. The van der Waals surface area contributed by atoms with Gasteiger partial charge in [0.2, 0.25) is 0 Å². The summed E-state index contributed by atoms with van der Waals surface area (Å²) in [4.78, 5) is 3.99. The van der Waals surface area contributed by atoms with E-state index in [9.17, 15) is 0 Å². The summed E-state index contributed by atoms with van der Waals surface area (Å²) in [6.45, 7) is 2.10. The van der Waals surface area contributed by atoms with Gasteiger partial charge in [0.25, 0.3) is 0 Å². The van der Waals surface area contributed by atoms with Crippen LogP contribution in [0.15, 0.2) is 53.5 Å². The van der Waals surface area contributed by atoms with Crippen LogP contribution in [0.2, 0.25) is 0 Å². The first-order valence-corrected chi connectivity index (χ1v) is 5.42. The van der Waals surface area contributed by atoms with Crippen LogP contribution < -0.4 is 11.5 Å². The highest BCUT2D eigenvalue weighted by Crippen LogP contribution is 2.25. The average molecular weight is 225 g/mol. The van der Waals surface area contributed by atoms with E-state index < -0.39 is 0 Å². The van der Waals surface area contributed by atoms with Gasteiger partial charge < -0.3 is 11.5 Å². The number of nitrogens with zero attached hydrogens (tertiary/aromatic N) is 1. The lowest BCUT2D eigenvalue weighted by Crippen LogP contribution is -2.21. The Hall–Kier alpha value is -2.29. The van der Waals surface area contributed by atoms with Crippen molar-refractivity contribution in [1.82, 2.24) is 0 Å². The van der Waals surface area contributed by atoms with Gasteiger partial charge in [0, 0.05) is 0 Å². The Morgan fingerprint density at radius 2 is 1.59 bits per heavy atom. The van der Waals surface area contributed by atoms with E-state index in [4.69, 9.17) is 11.5 Å². The van der Waals surface area contributed by atoms with E-state index in [1.165, 1.54) is 11.1 Å². The first-order valence-electron chi connectivity index (χ1n) is 5.42. The maximum Gasteiger partial charge on any atom is 0.191 e. The fourth-order valence-corrected chi connectivity index (χ4v) is 1.76. The molecule has 0 aliphatic heterocycles. The Labute approximate surface area is 101 Å². The molecule has 0 spiro atoms. The van der Waals surface area contributed by atoms with Gasteiger partial charge in [-0.3, -0.25) is 0 Å². The SMILES string of the molecule is Cc1ccccc1-c1ccc(N=C(N)N)cc1. The molecule has 0 fully saturated rings. The van der Waals surface area contributed by atoms with Crippen molar-refractivity contribution >= 4 is 11.6 Å². The van der Waals surface area contributed by atoms with Gasteiger partial charge in [0.1, 0.15) is 0 Å². The molecule has 0 amide bonds. The Balaban J connectivity index is 2.36. The van der Waals surface area contributed by atoms with Crippen LogP contribution in [0.5, 0.6) is 0 Å². The lowest BCUT2D eigenvalue weighted by atomic mass is 10.0. The third-order valence-corrected chi connectivity index (χ3v) is 2.58.